The van der Waals surface area contributed by atoms with Gasteiger partial charge in [0.05, 0.1) is 0 Å². The van der Waals surface area contributed by atoms with Crippen LogP contribution in [-0.4, -0.2) is 0 Å². The van der Waals surface area contributed by atoms with Crippen LogP contribution in [0.5, 0.6) is 0 Å². The van der Waals surface area contributed by atoms with Gasteiger partial charge in [-0.15, -0.1) is 0 Å². The van der Waals surface area contributed by atoms with Crippen molar-refractivity contribution in [2.75, 3.05) is 0 Å². The summed E-state index contributed by atoms with van der Waals surface area (Å²) in [5.41, 5.74) is 1.09. The molecule has 5 heteroatoms. The fourth-order valence-corrected chi connectivity index (χ4v) is 8.97. The second-order valence-electron chi connectivity index (χ2n) is 9.08. The van der Waals surface area contributed by atoms with E-state index in [2.05, 4.69) is 182 Å². The summed E-state index contributed by atoms with van der Waals surface area (Å²) in [6.07, 6.45) is 0. The number of halogens is 3. The molecule has 214 valence electrons. The predicted octanol–water partition coefficient (Wildman–Crippen LogP) is 9.39. The minimum Gasteiger partial charge on any atom is -0.0904 e. The third-order valence-electron chi connectivity index (χ3n) is 6.17. The Hall–Kier alpha value is -3.21. The Kier molecular flexibility index (Phi) is 14.0. The largest absolute Gasteiger partial charge is 0.118 e. The highest BCUT2D eigenvalue weighted by Gasteiger charge is 2.16. The van der Waals surface area contributed by atoms with Gasteiger partial charge in [-0.3, -0.25) is 0 Å². The van der Waals surface area contributed by atoms with Crippen LogP contribution in [0, 0.1) is 0 Å². The second kappa shape index (κ2) is 18.5. The summed E-state index contributed by atoms with van der Waals surface area (Å²) in [5, 5.41) is 8.39. The van der Waals surface area contributed by atoms with E-state index < -0.39 is 15.8 Å². The van der Waals surface area contributed by atoms with Crippen LogP contribution < -0.4 is 31.8 Å². The van der Waals surface area contributed by atoms with Crippen LogP contribution in [0.2, 0.25) is 0 Å². The summed E-state index contributed by atoms with van der Waals surface area (Å²) < 4.78 is 0.0895. The monoisotopic (exact) mass is 654 g/mol. The first kappa shape index (κ1) is 32.7. The Bertz CT molecular complexity index is 1310. The first-order chi connectivity index (χ1) is 21.2. The van der Waals surface area contributed by atoms with Crippen LogP contribution in [0.4, 0.5) is 0 Å². The molecule has 0 saturated heterocycles. The van der Waals surface area contributed by atoms with Crippen molar-refractivity contribution < 1.29 is 0 Å². The molecule has 6 aromatic rings. The van der Waals surface area contributed by atoms with E-state index >= 15 is 0 Å². The molecule has 0 radical (unpaired) electrons. The van der Waals surface area contributed by atoms with Crippen molar-refractivity contribution in [2.24, 2.45) is 0 Å². The molecular weight excluding hydrogens is 625 g/mol. The van der Waals surface area contributed by atoms with Gasteiger partial charge in [0.15, 0.2) is 0 Å². The Morgan fingerprint density at radius 1 is 0.326 bits per heavy atom. The highest BCUT2D eigenvalue weighted by Crippen LogP contribution is 2.33. The van der Waals surface area contributed by atoms with Gasteiger partial charge in [0.1, 0.15) is 4.49 Å². The fourth-order valence-electron chi connectivity index (χ4n) is 4.36. The van der Waals surface area contributed by atoms with E-state index in [0.717, 1.165) is 5.54 Å². The van der Waals surface area contributed by atoms with Gasteiger partial charge >= 0.3 is 0 Å². The molecule has 0 aliphatic heterocycles. The van der Waals surface area contributed by atoms with Crippen molar-refractivity contribution in [1.82, 2.24) is 0 Å². The molecule has 0 N–H and O–H groups in total. The van der Waals surface area contributed by atoms with Gasteiger partial charge in [-0.05, 0) is 47.7 Å². The van der Waals surface area contributed by atoms with Gasteiger partial charge in [0.2, 0.25) is 0 Å². The van der Waals surface area contributed by atoms with E-state index in [-0.39, 0.29) is 4.49 Å². The quantitative estimate of drug-likeness (QED) is 0.157. The number of hydrogen-bond donors (Lipinski definition) is 0. The standard InChI is InChI=1S/2C18H15P.C2HCl3/c2*1-4-10-16(11-5-1)19(17-12-6-2-7-13-17)18-14-8-3-9-15-18;3-1-2(4)5/h2*1-15H;1H. The molecule has 0 unspecified atom stereocenters. The number of benzene rings is 6. The molecule has 0 amide bonds. The zero-order valence-corrected chi connectivity index (χ0v) is 27.5. The highest BCUT2D eigenvalue weighted by molar-refractivity contribution is 7.80. The van der Waals surface area contributed by atoms with Crippen LogP contribution in [0.1, 0.15) is 0 Å². The smallest absolute Gasteiger partial charge is 0.0904 e. The lowest BCUT2D eigenvalue weighted by Crippen LogP contribution is -2.20. The normalized spacial score (nSPS) is 10.2. The molecule has 0 spiro atoms. The van der Waals surface area contributed by atoms with Crippen molar-refractivity contribution >= 4 is 82.5 Å². The molecule has 0 aliphatic rings. The number of rotatable bonds is 6. The predicted molar refractivity (Wildman–Crippen MR) is 196 cm³/mol. The SMILES string of the molecule is ClC=C(Cl)Cl.c1ccc(P(c2ccccc2)c2ccccc2)cc1.c1ccc(P(c2ccccc2)c2ccccc2)cc1. The van der Waals surface area contributed by atoms with Crippen LogP contribution in [-0.2, 0) is 0 Å². The maximum atomic E-state index is 4.96. The van der Waals surface area contributed by atoms with E-state index in [1.807, 2.05) is 0 Å². The van der Waals surface area contributed by atoms with Gasteiger partial charge in [0, 0.05) is 5.54 Å². The van der Waals surface area contributed by atoms with E-state index in [0.29, 0.717) is 0 Å². The van der Waals surface area contributed by atoms with E-state index in [9.17, 15) is 0 Å². The average molecular weight is 656 g/mol. The first-order valence-corrected chi connectivity index (χ1v) is 17.6. The third kappa shape index (κ3) is 10.5. The molecule has 6 rings (SSSR count). The van der Waals surface area contributed by atoms with Crippen molar-refractivity contribution in [3.05, 3.63) is 192 Å². The van der Waals surface area contributed by atoms with E-state index in [4.69, 9.17) is 34.8 Å². The minimum absolute atomic E-state index is 0.0895. The van der Waals surface area contributed by atoms with E-state index in [1.165, 1.54) is 31.8 Å². The maximum absolute atomic E-state index is 4.96. The van der Waals surface area contributed by atoms with Crippen LogP contribution in [0.25, 0.3) is 0 Å². The molecule has 0 saturated carbocycles. The van der Waals surface area contributed by atoms with Gasteiger partial charge in [0.25, 0.3) is 0 Å². The highest BCUT2D eigenvalue weighted by atomic mass is 35.5. The zero-order valence-electron chi connectivity index (χ0n) is 23.4. The Morgan fingerprint density at radius 2 is 0.465 bits per heavy atom. The number of hydrogen-bond acceptors (Lipinski definition) is 0. The van der Waals surface area contributed by atoms with Gasteiger partial charge in [-0.1, -0.05) is 217 Å². The maximum Gasteiger partial charge on any atom is 0.118 e. The zero-order chi connectivity index (χ0) is 30.1. The first-order valence-electron chi connectivity index (χ1n) is 13.7. The average Bonchev–Trinajstić information content (AvgIpc) is 3.09. The van der Waals surface area contributed by atoms with Crippen LogP contribution >= 0.6 is 50.6 Å². The van der Waals surface area contributed by atoms with Crippen LogP contribution in [0.15, 0.2) is 192 Å². The molecule has 0 heterocycles. The van der Waals surface area contributed by atoms with Crippen molar-refractivity contribution in [3.8, 4) is 0 Å². The lowest BCUT2D eigenvalue weighted by atomic mass is 10.4. The Labute approximate surface area is 273 Å². The summed E-state index contributed by atoms with van der Waals surface area (Å²) >= 11 is 14.8. The molecular formula is C38H31Cl3P2. The lowest BCUT2D eigenvalue weighted by molar-refractivity contribution is 1.74. The second-order valence-corrected chi connectivity index (χ2v) is 14.7. The topological polar surface area (TPSA) is 0 Å². The molecule has 6 aromatic carbocycles. The van der Waals surface area contributed by atoms with Crippen LogP contribution in [0.3, 0.4) is 0 Å². The summed E-state index contributed by atoms with van der Waals surface area (Å²) in [7, 11) is -0.892. The lowest BCUT2D eigenvalue weighted by Gasteiger charge is -2.18. The molecule has 0 bridgehead atoms. The van der Waals surface area contributed by atoms with Gasteiger partial charge < -0.3 is 0 Å². The van der Waals surface area contributed by atoms with Gasteiger partial charge in [-0.2, -0.15) is 0 Å². The third-order valence-corrected chi connectivity index (χ3v) is 11.7. The Balaban J connectivity index is 0.000000171. The summed E-state index contributed by atoms with van der Waals surface area (Å²) in [6, 6.07) is 64.7. The Morgan fingerprint density at radius 3 is 0.581 bits per heavy atom. The summed E-state index contributed by atoms with van der Waals surface area (Å²) in [5.74, 6) is 0. The molecule has 43 heavy (non-hydrogen) atoms. The molecule has 0 fully saturated rings. The molecule has 0 nitrogen and oxygen atoms in total. The van der Waals surface area contributed by atoms with Crippen molar-refractivity contribution in [2.45, 2.75) is 0 Å². The van der Waals surface area contributed by atoms with Gasteiger partial charge in [-0.25, -0.2) is 0 Å². The molecule has 0 aromatic heterocycles. The van der Waals surface area contributed by atoms with Crippen molar-refractivity contribution in [1.29, 1.82) is 0 Å². The summed E-state index contributed by atoms with van der Waals surface area (Å²) in [6.45, 7) is 0. The van der Waals surface area contributed by atoms with Crippen molar-refractivity contribution in [3.63, 3.8) is 0 Å². The molecule has 0 aliphatic carbocycles. The van der Waals surface area contributed by atoms with E-state index in [1.54, 1.807) is 0 Å². The summed E-state index contributed by atoms with van der Waals surface area (Å²) in [4.78, 5) is 0. The molecule has 0 atom stereocenters. The minimum atomic E-state index is -0.446. The fraction of sp³-hybridized carbons (Fsp3) is 0.